The molecule has 0 aromatic heterocycles. The molecule has 0 heterocycles. The van der Waals surface area contributed by atoms with Gasteiger partial charge in [0.2, 0.25) is 0 Å². The van der Waals surface area contributed by atoms with E-state index in [9.17, 15) is 0 Å². The van der Waals surface area contributed by atoms with E-state index < -0.39 is 0 Å². The van der Waals surface area contributed by atoms with Gasteiger partial charge in [-0.1, -0.05) is 19.9 Å². The number of hydrogen-bond donors (Lipinski definition) is 2. The van der Waals surface area contributed by atoms with Crippen molar-refractivity contribution in [2.45, 2.75) is 26.7 Å². The Balaban J connectivity index is 0.00000169. The fourth-order valence-corrected chi connectivity index (χ4v) is 1.38. The predicted molar refractivity (Wildman–Crippen MR) is 59.7 cm³/mol. The Bertz CT molecular complexity index is 309. The lowest BCUT2D eigenvalue weighted by atomic mass is 9.97. The molecule has 0 bridgehead atoms. The third-order valence-electron chi connectivity index (χ3n) is 2.25. The summed E-state index contributed by atoms with van der Waals surface area (Å²) in [6, 6.07) is 4.06. The van der Waals surface area contributed by atoms with Crippen molar-refractivity contribution in [3.8, 4) is 0 Å². The number of aryl methyl sites for hydroxylation is 1. The van der Waals surface area contributed by atoms with Crippen molar-refractivity contribution < 1.29 is 1.43 Å². The molecular formula is C11H18N2. The zero-order valence-corrected chi connectivity index (χ0v) is 8.39. The largest absolute Gasteiger partial charge is 0.398 e. The molecule has 1 aromatic carbocycles. The van der Waals surface area contributed by atoms with Crippen LogP contribution in [0.25, 0.3) is 0 Å². The summed E-state index contributed by atoms with van der Waals surface area (Å²) in [6.07, 6.45) is 1.31. The second-order valence-electron chi connectivity index (χ2n) is 3.64. The minimum atomic E-state index is 0. The van der Waals surface area contributed by atoms with Gasteiger partial charge in [0.15, 0.2) is 0 Å². The van der Waals surface area contributed by atoms with E-state index in [2.05, 4.69) is 19.9 Å². The second-order valence-corrected chi connectivity index (χ2v) is 3.64. The number of anilines is 1. The molecule has 2 nitrogen and oxygen atoms in total. The summed E-state index contributed by atoms with van der Waals surface area (Å²) >= 11 is 0. The summed E-state index contributed by atoms with van der Waals surface area (Å²) in [4.78, 5) is 0. The molecule has 0 aliphatic rings. The minimum Gasteiger partial charge on any atom is -0.398 e. The molecule has 0 saturated heterocycles. The summed E-state index contributed by atoms with van der Waals surface area (Å²) in [5.74, 6) is 0.487. The topological polar surface area (TPSA) is 49.9 Å². The van der Waals surface area contributed by atoms with Crippen LogP contribution in [0.2, 0.25) is 0 Å². The van der Waals surface area contributed by atoms with Crippen LogP contribution >= 0.6 is 0 Å². The Morgan fingerprint density at radius 2 is 2.08 bits per heavy atom. The molecule has 0 unspecified atom stereocenters. The number of nitrogens with one attached hydrogen (secondary N) is 1. The Kier molecular flexibility index (Phi) is 2.71. The Morgan fingerprint density at radius 3 is 2.46 bits per heavy atom. The standard InChI is InChI=1S/C11H16N2.H2/c1-7(2)9-4-8(3)10(6-12)11(13)5-9;/h4-7,12H,13H2,1-3H3;1H. The van der Waals surface area contributed by atoms with E-state index >= 15 is 0 Å². The Hall–Kier alpha value is -1.31. The van der Waals surface area contributed by atoms with Gasteiger partial charge in [-0.3, -0.25) is 0 Å². The molecule has 0 saturated carbocycles. The first-order chi connectivity index (χ1) is 6.06. The lowest BCUT2D eigenvalue weighted by Crippen LogP contribution is -1.99. The Labute approximate surface area is 80.8 Å². The van der Waals surface area contributed by atoms with Crippen molar-refractivity contribution >= 4 is 11.9 Å². The first-order valence-electron chi connectivity index (χ1n) is 4.46. The van der Waals surface area contributed by atoms with Gasteiger partial charge in [-0.05, 0) is 30.0 Å². The highest BCUT2D eigenvalue weighted by molar-refractivity contribution is 5.87. The van der Waals surface area contributed by atoms with Gasteiger partial charge in [0.1, 0.15) is 0 Å². The zero-order chi connectivity index (χ0) is 10.0. The zero-order valence-electron chi connectivity index (χ0n) is 8.39. The molecule has 0 amide bonds. The van der Waals surface area contributed by atoms with Crippen LogP contribution in [0.15, 0.2) is 12.1 Å². The van der Waals surface area contributed by atoms with E-state index in [0.717, 1.165) is 11.1 Å². The van der Waals surface area contributed by atoms with Crippen LogP contribution in [0.4, 0.5) is 5.69 Å². The average molecular weight is 178 g/mol. The van der Waals surface area contributed by atoms with E-state index in [1.54, 1.807) is 0 Å². The fraction of sp³-hybridized carbons (Fsp3) is 0.364. The molecular weight excluding hydrogens is 160 g/mol. The van der Waals surface area contributed by atoms with Crippen LogP contribution in [-0.4, -0.2) is 6.21 Å². The van der Waals surface area contributed by atoms with Gasteiger partial charge in [0.25, 0.3) is 0 Å². The maximum atomic E-state index is 7.20. The number of hydrogen-bond acceptors (Lipinski definition) is 2. The molecule has 0 atom stereocenters. The smallest absolute Gasteiger partial charge is 0.0408 e. The normalized spacial score (nSPS) is 10.5. The average Bonchev–Trinajstić information content (AvgIpc) is 2.03. The first kappa shape index (κ1) is 9.78. The van der Waals surface area contributed by atoms with Crippen LogP contribution < -0.4 is 5.73 Å². The maximum absolute atomic E-state index is 7.20. The van der Waals surface area contributed by atoms with E-state index in [1.165, 1.54) is 11.8 Å². The molecule has 0 fully saturated rings. The van der Waals surface area contributed by atoms with E-state index in [1.807, 2.05) is 13.0 Å². The molecule has 1 rings (SSSR count). The summed E-state index contributed by atoms with van der Waals surface area (Å²) < 4.78 is 0. The summed E-state index contributed by atoms with van der Waals surface area (Å²) in [7, 11) is 0. The van der Waals surface area contributed by atoms with Crippen LogP contribution in [0.5, 0.6) is 0 Å². The number of benzene rings is 1. The van der Waals surface area contributed by atoms with Gasteiger partial charge in [0, 0.05) is 18.9 Å². The molecule has 0 aliphatic heterocycles. The van der Waals surface area contributed by atoms with Crippen molar-refractivity contribution in [1.29, 1.82) is 5.41 Å². The van der Waals surface area contributed by atoms with Crippen molar-refractivity contribution in [2.24, 2.45) is 0 Å². The highest BCUT2D eigenvalue weighted by Gasteiger charge is 2.05. The fourth-order valence-electron chi connectivity index (χ4n) is 1.38. The molecule has 0 spiro atoms. The summed E-state index contributed by atoms with van der Waals surface area (Å²) in [5.41, 5.74) is 9.68. The van der Waals surface area contributed by atoms with Gasteiger partial charge in [-0.2, -0.15) is 0 Å². The lowest BCUT2D eigenvalue weighted by molar-refractivity contribution is 0.865. The third kappa shape index (κ3) is 1.89. The Morgan fingerprint density at radius 1 is 1.46 bits per heavy atom. The molecule has 13 heavy (non-hydrogen) atoms. The van der Waals surface area contributed by atoms with Gasteiger partial charge in [-0.15, -0.1) is 0 Å². The van der Waals surface area contributed by atoms with E-state index in [-0.39, 0.29) is 1.43 Å². The van der Waals surface area contributed by atoms with Crippen molar-refractivity contribution in [3.05, 3.63) is 28.8 Å². The maximum Gasteiger partial charge on any atom is 0.0408 e. The molecule has 1 aromatic rings. The highest BCUT2D eigenvalue weighted by Crippen LogP contribution is 2.22. The number of nitrogen functional groups attached to an aromatic ring is 1. The quantitative estimate of drug-likeness (QED) is 0.531. The van der Waals surface area contributed by atoms with Crippen LogP contribution in [0.3, 0.4) is 0 Å². The molecule has 3 N–H and O–H groups in total. The molecule has 2 heteroatoms. The van der Waals surface area contributed by atoms with Gasteiger partial charge in [0.05, 0.1) is 0 Å². The van der Waals surface area contributed by atoms with Gasteiger partial charge in [-0.25, -0.2) is 0 Å². The molecule has 72 valence electrons. The van der Waals surface area contributed by atoms with Crippen LogP contribution in [-0.2, 0) is 0 Å². The first-order valence-corrected chi connectivity index (χ1v) is 4.46. The summed E-state index contributed by atoms with van der Waals surface area (Å²) in [5, 5.41) is 7.20. The number of rotatable bonds is 2. The molecule has 0 aliphatic carbocycles. The summed E-state index contributed by atoms with van der Waals surface area (Å²) in [6.45, 7) is 6.26. The SMILES string of the molecule is Cc1cc(C(C)C)cc(N)c1C=N.[HH]. The third-order valence-corrected chi connectivity index (χ3v) is 2.25. The van der Waals surface area contributed by atoms with Crippen molar-refractivity contribution in [1.82, 2.24) is 0 Å². The van der Waals surface area contributed by atoms with Gasteiger partial charge < -0.3 is 11.1 Å². The van der Waals surface area contributed by atoms with E-state index in [4.69, 9.17) is 11.1 Å². The van der Waals surface area contributed by atoms with Crippen LogP contribution in [0, 0.1) is 12.3 Å². The molecule has 0 radical (unpaired) electrons. The van der Waals surface area contributed by atoms with Crippen LogP contribution in [0.1, 0.15) is 37.9 Å². The minimum absolute atomic E-state index is 0. The van der Waals surface area contributed by atoms with Crippen molar-refractivity contribution in [2.75, 3.05) is 5.73 Å². The monoisotopic (exact) mass is 178 g/mol. The predicted octanol–water partition coefficient (Wildman–Crippen LogP) is 2.94. The van der Waals surface area contributed by atoms with E-state index in [0.29, 0.717) is 11.6 Å². The lowest BCUT2D eigenvalue weighted by Gasteiger charge is -2.10. The van der Waals surface area contributed by atoms with Gasteiger partial charge >= 0.3 is 0 Å². The second kappa shape index (κ2) is 3.60. The number of nitrogens with two attached hydrogens (primary N) is 1. The highest BCUT2D eigenvalue weighted by atomic mass is 14.6. The van der Waals surface area contributed by atoms with Crippen molar-refractivity contribution in [3.63, 3.8) is 0 Å².